The van der Waals surface area contributed by atoms with E-state index in [1.807, 2.05) is 0 Å². The Labute approximate surface area is 164 Å². The summed E-state index contributed by atoms with van der Waals surface area (Å²) >= 11 is 0. The molecule has 0 bridgehead atoms. The van der Waals surface area contributed by atoms with Crippen LogP contribution < -0.4 is 10.5 Å². The molecule has 1 heterocycles. The van der Waals surface area contributed by atoms with Crippen LogP contribution in [0.4, 0.5) is 4.39 Å². The highest BCUT2D eigenvalue weighted by Crippen LogP contribution is 2.33. The molecule has 8 nitrogen and oxygen atoms in total. The molecule has 1 atom stereocenters. The van der Waals surface area contributed by atoms with Gasteiger partial charge in [-0.25, -0.2) is 9.18 Å². The van der Waals surface area contributed by atoms with Gasteiger partial charge < -0.3 is 20.7 Å². The number of carboxylic acid groups (broad SMARTS) is 1. The number of halogens is 1. The number of benzene rings is 2. The van der Waals surface area contributed by atoms with Crippen LogP contribution >= 0.6 is 0 Å². The maximum Gasteiger partial charge on any atom is 0.339 e. The van der Waals surface area contributed by atoms with Crippen LogP contribution in [0.1, 0.15) is 21.6 Å². The number of fused-ring (bicyclic) bond motifs is 1. The number of primary amides is 1. The number of aromatic nitrogens is 2. The van der Waals surface area contributed by atoms with Crippen LogP contribution in [0.3, 0.4) is 0 Å². The molecule has 2 aromatic carbocycles. The second-order valence-corrected chi connectivity index (χ2v) is 6.22. The number of hydrogen-bond acceptors (Lipinski definition) is 5. The van der Waals surface area contributed by atoms with E-state index in [1.54, 1.807) is 24.3 Å². The van der Waals surface area contributed by atoms with Gasteiger partial charge in [-0.05, 0) is 35.9 Å². The van der Waals surface area contributed by atoms with Gasteiger partial charge in [0.25, 0.3) is 0 Å². The lowest BCUT2D eigenvalue weighted by Crippen LogP contribution is -2.32. The predicted octanol–water partition coefficient (Wildman–Crippen LogP) is 1.90. The minimum Gasteiger partial charge on any atom is -0.495 e. The highest BCUT2D eigenvalue weighted by atomic mass is 19.1. The molecular formula is C20H18FN3O5. The van der Waals surface area contributed by atoms with Crippen LogP contribution in [0.15, 0.2) is 36.4 Å². The highest BCUT2D eigenvalue weighted by Gasteiger charge is 2.22. The van der Waals surface area contributed by atoms with E-state index in [-0.39, 0.29) is 23.7 Å². The Balaban J connectivity index is 2.17. The monoisotopic (exact) mass is 399 g/mol. The molecule has 0 aliphatic rings. The molecule has 0 spiro atoms. The van der Waals surface area contributed by atoms with Crippen LogP contribution in [0, 0.1) is 5.82 Å². The third kappa shape index (κ3) is 4.09. The average Bonchev–Trinajstić information content (AvgIpc) is 3.04. The number of carboxylic acids is 1. The van der Waals surface area contributed by atoms with Gasteiger partial charge in [-0.2, -0.15) is 5.10 Å². The maximum atomic E-state index is 13.1. The summed E-state index contributed by atoms with van der Waals surface area (Å²) < 4.78 is 19.8. The number of methoxy groups -OCH3 is 1. The molecular weight excluding hydrogens is 381 g/mol. The van der Waals surface area contributed by atoms with Gasteiger partial charge in [-0.3, -0.25) is 9.48 Å². The number of hydrogen-bond donors (Lipinski definition) is 3. The molecule has 0 unspecified atom stereocenters. The Morgan fingerprint density at radius 2 is 1.93 bits per heavy atom. The second kappa shape index (κ2) is 8.11. The molecule has 9 heteroatoms. The maximum absolute atomic E-state index is 13.1. The smallest absolute Gasteiger partial charge is 0.339 e. The molecule has 4 N–H and O–H groups in total. The third-order valence-electron chi connectivity index (χ3n) is 4.31. The number of nitrogens with two attached hydrogens (primary N) is 1. The molecule has 0 saturated carbocycles. The number of amides is 1. The Kier molecular flexibility index (Phi) is 5.60. The van der Waals surface area contributed by atoms with E-state index in [2.05, 4.69) is 5.10 Å². The zero-order chi connectivity index (χ0) is 21.1. The van der Waals surface area contributed by atoms with Gasteiger partial charge in [-0.1, -0.05) is 18.2 Å². The van der Waals surface area contributed by atoms with E-state index >= 15 is 0 Å². The Morgan fingerprint density at radius 1 is 1.24 bits per heavy atom. The van der Waals surface area contributed by atoms with E-state index in [1.165, 1.54) is 36.1 Å². The van der Waals surface area contributed by atoms with Gasteiger partial charge >= 0.3 is 5.97 Å². The molecule has 3 rings (SSSR count). The van der Waals surface area contributed by atoms with Gasteiger partial charge in [0.2, 0.25) is 5.91 Å². The highest BCUT2D eigenvalue weighted by molar-refractivity contribution is 6.03. The average molecular weight is 399 g/mol. The third-order valence-corrected chi connectivity index (χ3v) is 4.31. The van der Waals surface area contributed by atoms with Gasteiger partial charge in [-0.15, -0.1) is 0 Å². The van der Waals surface area contributed by atoms with Crippen molar-refractivity contribution in [1.82, 2.24) is 9.78 Å². The fourth-order valence-electron chi connectivity index (χ4n) is 2.91. The first-order chi connectivity index (χ1) is 13.8. The van der Waals surface area contributed by atoms with Crippen LogP contribution in [-0.2, 0) is 11.3 Å². The van der Waals surface area contributed by atoms with Crippen molar-refractivity contribution in [2.45, 2.75) is 12.6 Å². The molecule has 0 aliphatic carbocycles. The first-order valence-corrected chi connectivity index (χ1v) is 8.53. The summed E-state index contributed by atoms with van der Waals surface area (Å²) in [5.74, 6) is -2.37. The summed E-state index contributed by atoms with van der Waals surface area (Å²) in [6, 6.07) is 8.62. The van der Waals surface area contributed by atoms with E-state index in [0.717, 1.165) is 0 Å². The zero-order valence-electron chi connectivity index (χ0n) is 15.4. The number of carbonyl (C=O) groups is 2. The van der Waals surface area contributed by atoms with Crippen LogP contribution in [0.25, 0.3) is 23.1 Å². The van der Waals surface area contributed by atoms with Crippen LogP contribution in [0.5, 0.6) is 5.75 Å². The van der Waals surface area contributed by atoms with Gasteiger partial charge in [0.15, 0.2) is 6.10 Å². The van der Waals surface area contributed by atoms with Crippen molar-refractivity contribution in [1.29, 1.82) is 0 Å². The first-order valence-electron chi connectivity index (χ1n) is 8.53. The van der Waals surface area contributed by atoms with E-state index in [9.17, 15) is 24.2 Å². The lowest BCUT2D eigenvalue weighted by atomic mass is 10.1. The van der Waals surface area contributed by atoms with Crippen molar-refractivity contribution >= 4 is 34.9 Å². The number of aliphatic hydroxyl groups excluding tert-OH is 1. The molecule has 0 radical (unpaired) electrons. The molecule has 0 fully saturated rings. The van der Waals surface area contributed by atoms with Crippen molar-refractivity contribution in [2.75, 3.05) is 7.11 Å². The fourth-order valence-corrected chi connectivity index (χ4v) is 2.91. The van der Waals surface area contributed by atoms with Crippen molar-refractivity contribution in [3.63, 3.8) is 0 Å². The van der Waals surface area contributed by atoms with E-state index < -0.39 is 18.0 Å². The Morgan fingerprint density at radius 3 is 2.52 bits per heavy atom. The quantitative estimate of drug-likeness (QED) is 0.557. The largest absolute Gasteiger partial charge is 0.495 e. The minimum atomic E-state index is -1.47. The molecule has 0 saturated heterocycles. The summed E-state index contributed by atoms with van der Waals surface area (Å²) in [4.78, 5) is 22.8. The standard InChI is InChI=1S/C20H18FN3O5/c1-29-18-13(20(27)28)7-9-15-17(18)14(23-24(15)10-16(25)19(22)26)8-4-11-2-5-12(21)6-3-11/h2-9,16,25H,10H2,1H3,(H2,22,26)(H,27,28)/t16-/m1/s1. The van der Waals surface area contributed by atoms with E-state index in [0.29, 0.717) is 22.2 Å². The Bertz CT molecular complexity index is 1110. The van der Waals surface area contributed by atoms with Crippen LogP contribution in [-0.4, -0.2) is 45.1 Å². The van der Waals surface area contributed by atoms with Gasteiger partial charge in [0.05, 0.1) is 30.3 Å². The summed E-state index contributed by atoms with van der Waals surface area (Å²) in [7, 11) is 1.34. The lowest BCUT2D eigenvalue weighted by molar-refractivity contribution is -0.126. The normalized spacial score (nSPS) is 12.4. The number of carbonyl (C=O) groups excluding carboxylic acids is 1. The number of aromatic carboxylic acids is 1. The fraction of sp³-hybridized carbons (Fsp3) is 0.150. The predicted molar refractivity (Wildman–Crippen MR) is 104 cm³/mol. The van der Waals surface area contributed by atoms with Crippen molar-refractivity contribution < 1.29 is 28.9 Å². The van der Waals surface area contributed by atoms with Gasteiger partial charge in [0, 0.05) is 0 Å². The number of rotatable bonds is 7. The summed E-state index contributed by atoms with van der Waals surface area (Å²) in [6.45, 7) is -0.216. The van der Waals surface area contributed by atoms with Crippen molar-refractivity contribution in [3.05, 3.63) is 59.0 Å². The number of ether oxygens (including phenoxy) is 1. The number of aliphatic hydroxyl groups is 1. The SMILES string of the molecule is COc1c(C(=O)O)ccc2c1c(C=Cc1ccc(F)cc1)nn2C[C@@H](O)C(N)=O. The minimum absolute atomic E-state index is 0.0635. The molecule has 150 valence electrons. The first kappa shape index (κ1) is 20.0. The topological polar surface area (TPSA) is 128 Å². The molecule has 1 amide bonds. The lowest BCUT2D eigenvalue weighted by Gasteiger charge is -2.09. The molecule has 1 aromatic heterocycles. The second-order valence-electron chi connectivity index (χ2n) is 6.22. The summed E-state index contributed by atoms with van der Waals surface area (Å²) in [5, 5.41) is 24.0. The van der Waals surface area contributed by atoms with Gasteiger partial charge in [0.1, 0.15) is 17.1 Å². The summed E-state index contributed by atoms with van der Waals surface area (Å²) in [6.07, 6.45) is 1.80. The summed E-state index contributed by atoms with van der Waals surface area (Å²) in [5.41, 5.74) is 6.55. The molecule has 0 aliphatic heterocycles. The number of nitrogens with zero attached hydrogens (tertiary/aromatic N) is 2. The van der Waals surface area contributed by atoms with Crippen molar-refractivity contribution in [3.8, 4) is 5.75 Å². The molecule has 29 heavy (non-hydrogen) atoms. The van der Waals surface area contributed by atoms with Crippen molar-refractivity contribution in [2.24, 2.45) is 5.73 Å². The molecule has 3 aromatic rings. The zero-order valence-corrected chi connectivity index (χ0v) is 15.4. The Hall–Kier alpha value is -3.72. The van der Waals surface area contributed by atoms with E-state index in [4.69, 9.17) is 10.5 Å². The van der Waals surface area contributed by atoms with Crippen LogP contribution in [0.2, 0.25) is 0 Å².